The van der Waals surface area contributed by atoms with Crippen LogP contribution in [0.3, 0.4) is 0 Å². The van der Waals surface area contributed by atoms with Crippen molar-refractivity contribution < 1.29 is 5.82 Å². The number of nitrogens with zero attached hydrogens (tertiary/aromatic N) is 4. The van der Waals surface area contributed by atoms with Gasteiger partial charge < -0.3 is 4.90 Å². The van der Waals surface area contributed by atoms with E-state index in [-0.39, 0.29) is 7.24 Å². The van der Waals surface area contributed by atoms with Gasteiger partial charge >= 0.3 is 0 Å². The number of nitrogens with one attached hydrogen (secondary N) is 1. The number of halogens is 1. The van der Waals surface area contributed by atoms with Crippen molar-refractivity contribution >= 4 is 16.9 Å². The molecule has 0 saturated carbocycles. The summed E-state index contributed by atoms with van der Waals surface area (Å²) < 4.78 is 14.5. The van der Waals surface area contributed by atoms with E-state index in [0.29, 0.717) is 28.9 Å². The molecule has 3 aromatic rings. The first-order valence-electron chi connectivity index (χ1n) is 8.88. The topological polar surface area (TPSA) is 57.7 Å². The second-order valence-electron chi connectivity index (χ2n) is 6.90. The van der Waals surface area contributed by atoms with Crippen LogP contribution < -0.4 is 4.90 Å². The number of pyridine rings is 2. The van der Waals surface area contributed by atoms with Crippen molar-refractivity contribution in [3.8, 4) is 11.4 Å². The lowest BCUT2D eigenvalue weighted by Crippen LogP contribution is -2.21. The lowest BCUT2D eigenvalue weighted by atomic mass is 9.94. The molecule has 0 unspecified atom stereocenters. The van der Waals surface area contributed by atoms with E-state index in [9.17, 15) is 4.39 Å². The van der Waals surface area contributed by atoms with Gasteiger partial charge in [0.25, 0.3) is 0 Å². The van der Waals surface area contributed by atoms with Gasteiger partial charge in [-0.3, -0.25) is 5.10 Å². The maximum absolute atomic E-state index is 14.5. The number of H-pyrrole nitrogens is 1. The van der Waals surface area contributed by atoms with Crippen molar-refractivity contribution in [3.63, 3.8) is 0 Å². The fourth-order valence-electron chi connectivity index (χ4n) is 3.78. The smallest absolute Gasteiger partial charge is 0.181 e. The summed E-state index contributed by atoms with van der Waals surface area (Å²) in [4.78, 5) is 11.1. The summed E-state index contributed by atoms with van der Waals surface area (Å²) in [5, 5.41) is 7.83. The zero-order valence-corrected chi connectivity index (χ0v) is 14.5. The largest absolute Gasteiger partial charge is 0.356 e. The van der Waals surface area contributed by atoms with Crippen LogP contribution in [0.25, 0.3) is 22.4 Å². The third-order valence-corrected chi connectivity index (χ3v) is 5.15. The maximum Gasteiger partial charge on any atom is 0.181 e. The molecular weight excluding hydrogens is 317 g/mol. The first-order chi connectivity index (χ1) is 12.2. The summed E-state index contributed by atoms with van der Waals surface area (Å²) in [6.45, 7) is 6.46. The Morgan fingerprint density at radius 2 is 2.20 bits per heavy atom. The molecule has 25 heavy (non-hydrogen) atoms. The normalized spacial score (nSPS) is 20.5. The molecule has 5 nitrogen and oxygen atoms in total. The van der Waals surface area contributed by atoms with E-state index in [1.54, 1.807) is 12.3 Å². The van der Waals surface area contributed by atoms with Crippen LogP contribution in [0.15, 0.2) is 30.5 Å². The quantitative estimate of drug-likeness (QED) is 0.769. The van der Waals surface area contributed by atoms with Crippen molar-refractivity contribution in [3.05, 3.63) is 36.3 Å². The minimum Gasteiger partial charge on any atom is -0.356 e. The Balaban J connectivity index is 0.00000196. The van der Waals surface area contributed by atoms with E-state index >= 15 is 0 Å². The molecule has 1 aliphatic heterocycles. The van der Waals surface area contributed by atoms with Crippen LogP contribution in [0.1, 0.15) is 28.1 Å². The molecule has 132 valence electrons. The van der Waals surface area contributed by atoms with Crippen LogP contribution in [-0.4, -0.2) is 33.3 Å². The molecule has 0 aromatic carbocycles. The van der Waals surface area contributed by atoms with Crippen LogP contribution in [-0.2, 0) is 0 Å². The van der Waals surface area contributed by atoms with Crippen LogP contribution in [0.2, 0.25) is 0 Å². The first kappa shape index (κ1) is 16.0. The molecule has 6 heteroatoms. The third-order valence-electron chi connectivity index (χ3n) is 5.15. The molecular formula is C19H24FN5. The Bertz CT molecular complexity index is 897. The second-order valence-corrected chi connectivity index (χ2v) is 6.90. The van der Waals surface area contributed by atoms with E-state index in [2.05, 4.69) is 38.9 Å². The van der Waals surface area contributed by atoms with Gasteiger partial charge in [0.05, 0.1) is 5.69 Å². The van der Waals surface area contributed by atoms with Gasteiger partial charge in [-0.25, -0.2) is 14.4 Å². The summed E-state index contributed by atoms with van der Waals surface area (Å²) in [5.41, 5.74) is 1.46. The van der Waals surface area contributed by atoms with Crippen LogP contribution >= 0.6 is 0 Å². The van der Waals surface area contributed by atoms with E-state index < -0.39 is 0 Å². The molecule has 1 fully saturated rings. The molecule has 1 aliphatic rings. The fraction of sp³-hybridized carbons (Fsp3) is 0.421. The Morgan fingerprint density at radius 3 is 3.04 bits per heavy atom. The lowest BCUT2D eigenvalue weighted by Gasteiger charge is -2.18. The molecule has 1 saturated heterocycles. The standard InChI is InChI=1S/C19H22FN5.H2/c1-3-5-13-11-25(10-12(13)2)16-8-7-15(20)18(22-16)17-14-6-4-9-21-19(14)24-23-17;/h4,6-9,12-13H,3,5,10-11H2,1-2H3,(H,21,23,24);1H/t12-,13-;/m1./s1. The molecule has 0 spiro atoms. The van der Waals surface area contributed by atoms with Crippen LogP contribution in [0, 0.1) is 17.7 Å². The molecule has 0 amide bonds. The number of anilines is 1. The first-order valence-corrected chi connectivity index (χ1v) is 8.88. The highest BCUT2D eigenvalue weighted by atomic mass is 19.1. The third kappa shape index (κ3) is 2.86. The number of aromatic amines is 1. The minimum absolute atomic E-state index is 0. The van der Waals surface area contributed by atoms with Gasteiger partial charge in [0.1, 0.15) is 11.5 Å². The molecule has 0 radical (unpaired) electrons. The number of fused-ring (bicyclic) bond motifs is 1. The highest BCUT2D eigenvalue weighted by Gasteiger charge is 2.30. The molecule has 0 aliphatic carbocycles. The maximum atomic E-state index is 14.5. The molecule has 2 atom stereocenters. The Labute approximate surface area is 147 Å². The van der Waals surface area contributed by atoms with Gasteiger partial charge in [0.2, 0.25) is 0 Å². The zero-order chi connectivity index (χ0) is 17.4. The molecule has 3 aromatic heterocycles. The summed E-state index contributed by atoms with van der Waals surface area (Å²) in [5.74, 6) is 1.79. The average Bonchev–Trinajstić information content (AvgIpc) is 3.20. The average molecular weight is 341 g/mol. The van der Waals surface area contributed by atoms with E-state index in [1.165, 1.54) is 18.9 Å². The van der Waals surface area contributed by atoms with Crippen molar-refractivity contribution in [1.29, 1.82) is 0 Å². The number of hydrogen-bond donors (Lipinski definition) is 1. The Kier molecular flexibility index (Phi) is 4.11. The number of rotatable bonds is 4. The van der Waals surface area contributed by atoms with Crippen molar-refractivity contribution in [1.82, 2.24) is 20.2 Å². The highest BCUT2D eigenvalue weighted by molar-refractivity contribution is 5.89. The SMILES string of the molecule is CCC[C@@H]1CN(c2ccc(F)c(-c3[nH]nc4ncccc34)n2)C[C@H]1C.[HH]. The van der Waals surface area contributed by atoms with Gasteiger partial charge in [-0.1, -0.05) is 20.3 Å². The van der Waals surface area contributed by atoms with Gasteiger partial charge in [-0.05, 0) is 42.5 Å². The van der Waals surface area contributed by atoms with Gasteiger partial charge in [0.15, 0.2) is 11.5 Å². The Morgan fingerprint density at radius 1 is 1.32 bits per heavy atom. The van der Waals surface area contributed by atoms with Gasteiger partial charge in [-0.15, -0.1) is 0 Å². The Hall–Kier alpha value is -2.50. The zero-order valence-electron chi connectivity index (χ0n) is 14.5. The number of aromatic nitrogens is 4. The van der Waals surface area contributed by atoms with Crippen LogP contribution in [0.4, 0.5) is 10.2 Å². The lowest BCUT2D eigenvalue weighted by molar-refractivity contribution is 0.418. The van der Waals surface area contributed by atoms with Crippen molar-refractivity contribution in [2.45, 2.75) is 26.7 Å². The van der Waals surface area contributed by atoms with Gasteiger partial charge in [0, 0.05) is 26.1 Å². The van der Waals surface area contributed by atoms with E-state index in [1.807, 2.05) is 12.1 Å². The molecule has 4 rings (SSSR count). The van der Waals surface area contributed by atoms with Crippen molar-refractivity contribution in [2.75, 3.05) is 18.0 Å². The van der Waals surface area contributed by atoms with Gasteiger partial charge in [-0.2, -0.15) is 5.10 Å². The fourth-order valence-corrected chi connectivity index (χ4v) is 3.78. The summed E-state index contributed by atoms with van der Waals surface area (Å²) in [6, 6.07) is 6.97. The van der Waals surface area contributed by atoms with E-state index in [4.69, 9.17) is 0 Å². The van der Waals surface area contributed by atoms with Crippen molar-refractivity contribution in [2.24, 2.45) is 11.8 Å². The monoisotopic (exact) mass is 341 g/mol. The summed E-state index contributed by atoms with van der Waals surface area (Å²) >= 11 is 0. The highest BCUT2D eigenvalue weighted by Crippen LogP contribution is 2.32. The second kappa shape index (κ2) is 6.43. The minimum atomic E-state index is -0.351. The van der Waals surface area contributed by atoms with E-state index in [0.717, 1.165) is 24.3 Å². The molecule has 1 N–H and O–H groups in total. The summed E-state index contributed by atoms with van der Waals surface area (Å²) in [7, 11) is 0. The number of hydrogen-bond acceptors (Lipinski definition) is 4. The predicted molar refractivity (Wildman–Crippen MR) is 99.0 cm³/mol. The molecule has 0 bridgehead atoms. The predicted octanol–water partition coefficient (Wildman–Crippen LogP) is 4.28. The summed E-state index contributed by atoms with van der Waals surface area (Å²) in [6.07, 6.45) is 4.09. The van der Waals surface area contributed by atoms with Crippen LogP contribution in [0.5, 0.6) is 0 Å². The molecule has 4 heterocycles.